The lowest BCUT2D eigenvalue weighted by atomic mass is 10.1. The van der Waals surface area contributed by atoms with Crippen LogP contribution >= 0.6 is 11.3 Å². The molecule has 0 fully saturated rings. The Bertz CT molecular complexity index is 452. The maximum Gasteiger partial charge on any atom is 0.241 e. The number of hydrogen-bond donors (Lipinski definition) is 2. The third-order valence-corrected chi connectivity index (χ3v) is 5.11. The van der Waals surface area contributed by atoms with Crippen molar-refractivity contribution in [3.63, 3.8) is 0 Å². The van der Waals surface area contributed by atoms with E-state index in [0.717, 1.165) is 6.42 Å². The number of nitrogens with two attached hydrogens (primary N) is 1. The fourth-order valence-electron chi connectivity index (χ4n) is 1.80. The van der Waals surface area contributed by atoms with Gasteiger partial charge in [-0.2, -0.15) is 0 Å². The molecule has 17 heavy (non-hydrogen) atoms. The molecule has 1 rings (SSSR count). The third-order valence-electron chi connectivity index (χ3n) is 2.36. The summed E-state index contributed by atoms with van der Waals surface area (Å²) in [5.41, 5.74) is 5.52. The molecule has 1 heterocycles. The van der Waals surface area contributed by atoms with Crippen molar-refractivity contribution in [3.8, 4) is 0 Å². The summed E-state index contributed by atoms with van der Waals surface area (Å²) in [7, 11) is -3.42. The smallest absolute Gasteiger partial charge is 0.241 e. The highest BCUT2D eigenvalue weighted by Gasteiger charge is 2.21. The summed E-state index contributed by atoms with van der Waals surface area (Å²) < 4.78 is 26.9. The van der Waals surface area contributed by atoms with Gasteiger partial charge in [0.05, 0.1) is 4.90 Å². The van der Waals surface area contributed by atoms with Gasteiger partial charge >= 0.3 is 0 Å². The Balaban J connectivity index is 2.82. The van der Waals surface area contributed by atoms with Gasteiger partial charge in [-0.05, 0) is 30.7 Å². The van der Waals surface area contributed by atoms with Gasteiger partial charge in [0, 0.05) is 17.5 Å². The average Bonchev–Trinajstić information content (AvgIpc) is 2.62. The first-order valence-corrected chi connectivity index (χ1v) is 8.02. The van der Waals surface area contributed by atoms with E-state index in [9.17, 15) is 8.42 Å². The lowest BCUT2D eigenvalue weighted by Gasteiger charge is -2.16. The zero-order valence-electron chi connectivity index (χ0n) is 10.4. The molecule has 0 saturated carbocycles. The predicted octanol–water partition coefficient (Wildman–Crippen LogP) is 1.92. The first kappa shape index (κ1) is 14.6. The van der Waals surface area contributed by atoms with Gasteiger partial charge in [-0.15, -0.1) is 11.3 Å². The second kappa shape index (κ2) is 5.95. The summed E-state index contributed by atoms with van der Waals surface area (Å²) in [6.45, 7) is 6.28. The quantitative estimate of drug-likeness (QED) is 0.834. The molecule has 1 aromatic heterocycles. The van der Waals surface area contributed by atoms with Gasteiger partial charge in [0.1, 0.15) is 0 Å². The van der Waals surface area contributed by atoms with Crippen LogP contribution in [0.4, 0.5) is 0 Å². The van der Waals surface area contributed by atoms with Crippen LogP contribution in [0.3, 0.4) is 0 Å². The molecular formula is C11H20N2O2S2. The average molecular weight is 276 g/mol. The Morgan fingerprint density at radius 1 is 1.41 bits per heavy atom. The van der Waals surface area contributed by atoms with E-state index < -0.39 is 10.0 Å². The van der Waals surface area contributed by atoms with E-state index in [4.69, 9.17) is 5.73 Å². The predicted molar refractivity (Wildman–Crippen MR) is 71.4 cm³/mol. The van der Waals surface area contributed by atoms with Crippen LogP contribution in [-0.2, 0) is 16.6 Å². The summed E-state index contributed by atoms with van der Waals surface area (Å²) in [6, 6.07) is 1.54. The number of rotatable bonds is 6. The van der Waals surface area contributed by atoms with Crippen LogP contribution in [0.1, 0.15) is 32.1 Å². The molecule has 3 N–H and O–H groups in total. The van der Waals surface area contributed by atoms with Crippen molar-refractivity contribution in [2.75, 3.05) is 0 Å². The zero-order valence-corrected chi connectivity index (χ0v) is 12.1. The maximum absolute atomic E-state index is 12.1. The number of thiophene rings is 1. The summed E-state index contributed by atoms with van der Waals surface area (Å²) in [5, 5.41) is 1.75. The van der Waals surface area contributed by atoms with Crippen molar-refractivity contribution in [3.05, 3.63) is 16.3 Å². The summed E-state index contributed by atoms with van der Waals surface area (Å²) in [6.07, 6.45) is 0.821. The standard InChI is InChI=1S/C11H20N2O2S2/c1-8(2)6-9(3)13-17(14,15)11-4-5-16-10(11)7-12/h4-5,8-9,13H,6-7,12H2,1-3H3. The minimum atomic E-state index is -3.42. The number of nitrogens with one attached hydrogen (secondary N) is 1. The summed E-state index contributed by atoms with van der Waals surface area (Å²) in [5.74, 6) is 0.462. The van der Waals surface area contributed by atoms with Gasteiger partial charge in [0.15, 0.2) is 0 Å². The van der Waals surface area contributed by atoms with Crippen molar-refractivity contribution in [1.82, 2.24) is 4.72 Å². The van der Waals surface area contributed by atoms with E-state index in [1.165, 1.54) is 11.3 Å². The second-order valence-electron chi connectivity index (χ2n) is 4.56. The largest absolute Gasteiger partial charge is 0.326 e. The van der Waals surface area contributed by atoms with E-state index in [2.05, 4.69) is 18.6 Å². The number of sulfonamides is 1. The zero-order chi connectivity index (χ0) is 13.1. The highest BCUT2D eigenvalue weighted by Crippen LogP contribution is 2.21. The molecule has 0 radical (unpaired) electrons. The molecule has 0 spiro atoms. The molecule has 0 aromatic carbocycles. The van der Waals surface area contributed by atoms with E-state index in [0.29, 0.717) is 15.7 Å². The Morgan fingerprint density at radius 2 is 2.06 bits per heavy atom. The molecule has 4 nitrogen and oxygen atoms in total. The van der Waals surface area contributed by atoms with Crippen molar-refractivity contribution in [2.45, 2.75) is 44.7 Å². The van der Waals surface area contributed by atoms with Crippen molar-refractivity contribution in [2.24, 2.45) is 11.7 Å². The second-order valence-corrected chi connectivity index (χ2v) is 7.25. The summed E-state index contributed by atoms with van der Waals surface area (Å²) in [4.78, 5) is 1.02. The normalized spacial score (nSPS) is 14.2. The molecule has 1 unspecified atom stereocenters. The van der Waals surface area contributed by atoms with Gasteiger partial charge in [-0.1, -0.05) is 13.8 Å². The molecule has 1 aromatic rings. The van der Waals surface area contributed by atoms with Crippen LogP contribution in [-0.4, -0.2) is 14.5 Å². The Labute approximate surface area is 107 Å². The Kier molecular flexibility index (Phi) is 5.12. The molecule has 0 aliphatic carbocycles. The van der Waals surface area contributed by atoms with Gasteiger partial charge in [0.2, 0.25) is 10.0 Å². The third kappa shape index (κ3) is 4.06. The lowest BCUT2D eigenvalue weighted by Crippen LogP contribution is -2.33. The van der Waals surface area contributed by atoms with Crippen LogP contribution in [0.15, 0.2) is 16.3 Å². The summed E-state index contributed by atoms with van der Waals surface area (Å²) >= 11 is 1.37. The fourth-order valence-corrected chi connectivity index (χ4v) is 4.39. The Morgan fingerprint density at radius 3 is 2.59 bits per heavy atom. The highest BCUT2D eigenvalue weighted by molar-refractivity contribution is 7.89. The minimum Gasteiger partial charge on any atom is -0.326 e. The van der Waals surface area contributed by atoms with E-state index in [1.54, 1.807) is 11.4 Å². The molecule has 0 saturated heterocycles. The molecule has 0 aliphatic rings. The van der Waals surface area contributed by atoms with Crippen LogP contribution in [0.2, 0.25) is 0 Å². The first-order chi connectivity index (χ1) is 7.86. The lowest BCUT2D eigenvalue weighted by molar-refractivity contribution is 0.482. The van der Waals surface area contributed by atoms with Gasteiger partial charge in [-0.25, -0.2) is 13.1 Å². The van der Waals surface area contributed by atoms with Crippen LogP contribution < -0.4 is 10.5 Å². The maximum atomic E-state index is 12.1. The topological polar surface area (TPSA) is 72.2 Å². The molecule has 6 heteroatoms. The molecule has 98 valence electrons. The van der Waals surface area contributed by atoms with E-state index in [1.807, 2.05) is 6.92 Å². The van der Waals surface area contributed by atoms with Gasteiger partial charge in [0.25, 0.3) is 0 Å². The van der Waals surface area contributed by atoms with Crippen LogP contribution in [0.25, 0.3) is 0 Å². The fraction of sp³-hybridized carbons (Fsp3) is 0.636. The monoisotopic (exact) mass is 276 g/mol. The molecule has 0 bridgehead atoms. The van der Waals surface area contributed by atoms with Gasteiger partial charge in [-0.3, -0.25) is 0 Å². The van der Waals surface area contributed by atoms with Gasteiger partial charge < -0.3 is 5.73 Å². The molecule has 0 amide bonds. The minimum absolute atomic E-state index is 0.0643. The number of hydrogen-bond acceptors (Lipinski definition) is 4. The first-order valence-electron chi connectivity index (χ1n) is 5.65. The Hall–Kier alpha value is -0.430. The highest BCUT2D eigenvalue weighted by atomic mass is 32.2. The van der Waals surface area contributed by atoms with Crippen LogP contribution in [0.5, 0.6) is 0 Å². The van der Waals surface area contributed by atoms with E-state index in [-0.39, 0.29) is 12.6 Å². The van der Waals surface area contributed by atoms with Crippen molar-refractivity contribution < 1.29 is 8.42 Å². The SMILES string of the molecule is CC(C)CC(C)NS(=O)(=O)c1ccsc1CN. The van der Waals surface area contributed by atoms with E-state index >= 15 is 0 Å². The van der Waals surface area contributed by atoms with Crippen molar-refractivity contribution >= 4 is 21.4 Å². The molecular weight excluding hydrogens is 256 g/mol. The molecule has 0 aliphatic heterocycles. The van der Waals surface area contributed by atoms with Crippen molar-refractivity contribution in [1.29, 1.82) is 0 Å². The molecule has 1 atom stereocenters. The van der Waals surface area contributed by atoms with Crippen LogP contribution in [0, 0.1) is 5.92 Å².